The van der Waals surface area contributed by atoms with Crippen LogP contribution in [-0.2, 0) is 20.0 Å². The topological polar surface area (TPSA) is 29.9 Å². The summed E-state index contributed by atoms with van der Waals surface area (Å²) in [5, 5.41) is 8.53. The van der Waals surface area contributed by atoms with Crippen molar-refractivity contribution in [2.24, 2.45) is 7.05 Å². The van der Waals surface area contributed by atoms with E-state index in [2.05, 4.69) is 33.3 Å². The van der Waals surface area contributed by atoms with Crippen LogP contribution in [0.15, 0.2) is 28.9 Å². The van der Waals surface area contributed by atoms with Gasteiger partial charge < -0.3 is 5.32 Å². The molecule has 0 aliphatic heterocycles. The SMILES string of the molecule is CCc1nn(C)cc1NCc1ccc(Cl)c(Br)c1. The molecule has 0 atom stereocenters. The standard InChI is InChI=1S/C13H15BrClN3/c1-3-12-13(8-18(2)17-12)16-7-9-4-5-11(15)10(14)6-9/h4-6,8,16H,3,7H2,1-2H3. The molecular formula is C13H15BrClN3. The minimum Gasteiger partial charge on any atom is -0.378 e. The third kappa shape index (κ3) is 3.06. The molecule has 96 valence electrons. The molecule has 1 heterocycles. The Balaban J connectivity index is 2.08. The third-order valence-electron chi connectivity index (χ3n) is 2.71. The van der Waals surface area contributed by atoms with Gasteiger partial charge in [0.1, 0.15) is 0 Å². The molecule has 0 radical (unpaired) electrons. The summed E-state index contributed by atoms with van der Waals surface area (Å²) < 4.78 is 2.75. The zero-order valence-corrected chi connectivity index (χ0v) is 12.7. The fourth-order valence-corrected chi connectivity index (χ4v) is 2.33. The highest BCUT2D eigenvalue weighted by Gasteiger charge is 2.05. The number of benzene rings is 1. The molecule has 0 amide bonds. The zero-order chi connectivity index (χ0) is 13.1. The van der Waals surface area contributed by atoms with E-state index in [1.807, 2.05) is 36.1 Å². The highest BCUT2D eigenvalue weighted by atomic mass is 79.9. The van der Waals surface area contributed by atoms with Crippen LogP contribution in [0.2, 0.25) is 5.02 Å². The lowest BCUT2D eigenvalue weighted by Gasteiger charge is -2.06. The number of hydrogen-bond acceptors (Lipinski definition) is 2. The highest BCUT2D eigenvalue weighted by molar-refractivity contribution is 9.10. The van der Waals surface area contributed by atoms with Gasteiger partial charge >= 0.3 is 0 Å². The van der Waals surface area contributed by atoms with Crippen LogP contribution in [0.4, 0.5) is 5.69 Å². The van der Waals surface area contributed by atoms with Crippen LogP contribution in [0.3, 0.4) is 0 Å². The first-order valence-corrected chi connectivity index (χ1v) is 6.97. The van der Waals surface area contributed by atoms with E-state index in [0.717, 1.165) is 33.8 Å². The molecule has 5 heteroatoms. The predicted molar refractivity (Wildman–Crippen MR) is 79.1 cm³/mol. The first kappa shape index (κ1) is 13.4. The monoisotopic (exact) mass is 327 g/mol. The number of hydrogen-bond donors (Lipinski definition) is 1. The Morgan fingerprint density at radius 2 is 2.22 bits per heavy atom. The molecule has 0 fully saturated rings. The highest BCUT2D eigenvalue weighted by Crippen LogP contribution is 2.24. The maximum absolute atomic E-state index is 5.97. The first-order valence-electron chi connectivity index (χ1n) is 5.80. The van der Waals surface area contributed by atoms with Gasteiger partial charge in [-0.3, -0.25) is 4.68 Å². The average Bonchev–Trinajstić information content (AvgIpc) is 2.71. The van der Waals surface area contributed by atoms with Crippen LogP contribution in [0.1, 0.15) is 18.2 Å². The van der Waals surface area contributed by atoms with E-state index in [4.69, 9.17) is 11.6 Å². The van der Waals surface area contributed by atoms with Gasteiger partial charge in [-0.1, -0.05) is 24.6 Å². The molecule has 0 saturated heterocycles. The molecule has 0 aliphatic carbocycles. The van der Waals surface area contributed by atoms with Crippen LogP contribution < -0.4 is 5.32 Å². The molecule has 0 unspecified atom stereocenters. The van der Waals surface area contributed by atoms with Crippen molar-refractivity contribution in [3.05, 3.63) is 45.1 Å². The average molecular weight is 329 g/mol. The van der Waals surface area contributed by atoms with Gasteiger partial charge in [-0.2, -0.15) is 5.10 Å². The number of halogens is 2. The van der Waals surface area contributed by atoms with Gasteiger partial charge in [0.05, 0.1) is 16.4 Å². The van der Waals surface area contributed by atoms with E-state index in [9.17, 15) is 0 Å². The van der Waals surface area contributed by atoms with Gasteiger partial charge in [0.2, 0.25) is 0 Å². The molecule has 1 aromatic heterocycles. The largest absolute Gasteiger partial charge is 0.378 e. The van der Waals surface area contributed by atoms with E-state index in [1.165, 1.54) is 5.56 Å². The summed E-state index contributed by atoms with van der Waals surface area (Å²) >= 11 is 9.40. The lowest BCUT2D eigenvalue weighted by atomic mass is 10.2. The Hall–Kier alpha value is -1.000. The van der Waals surface area contributed by atoms with Crippen molar-refractivity contribution >= 4 is 33.2 Å². The Morgan fingerprint density at radius 1 is 1.44 bits per heavy atom. The molecule has 2 rings (SSSR count). The van der Waals surface area contributed by atoms with Crippen LogP contribution in [0.5, 0.6) is 0 Å². The van der Waals surface area contributed by atoms with Gasteiger partial charge in [0, 0.05) is 24.3 Å². The lowest BCUT2D eigenvalue weighted by molar-refractivity contribution is 0.746. The summed E-state index contributed by atoms with van der Waals surface area (Å²) in [7, 11) is 1.93. The minimum absolute atomic E-state index is 0.731. The number of nitrogens with one attached hydrogen (secondary N) is 1. The van der Waals surface area contributed by atoms with E-state index < -0.39 is 0 Å². The third-order valence-corrected chi connectivity index (χ3v) is 3.92. The van der Waals surface area contributed by atoms with Crippen molar-refractivity contribution in [2.45, 2.75) is 19.9 Å². The van der Waals surface area contributed by atoms with E-state index in [-0.39, 0.29) is 0 Å². The lowest BCUT2D eigenvalue weighted by Crippen LogP contribution is -2.00. The molecule has 18 heavy (non-hydrogen) atoms. The van der Waals surface area contributed by atoms with Crippen molar-refractivity contribution < 1.29 is 0 Å². The second kappa shape index (κ2) is 5.76. The Bertz CT molecular complexity index is 551. The van der Waals surface area contributed by atoms with Gasteiger partial charge in [-0.05, 0) is 40.0 Å². The van der Waals surface area contributed by atoms with Crippen molar-refractivity contribution in [3.63, 3.8) is 0 Å². The summed E-state index contributed by atoms with van der Waals surface area (Å²) in [4.78, 5) is 0. The number of aryl methyl sites for hydroxylation is 2. The number of nitrogens with zero attached hydrogens (tertiary/aromatic N) is 2. The van der Waals surface area contributed by atoms with Crippen LogP contribution in [0.25, 0.3) is 0 Å². The first-order chi connectivity index (χ1) is 8.60. The summed E-state index contributed by atoms with van der Waals surface area (Å²) in [6.07, 6.45) is 2.93. The van der Waals surface area contributed by atoms with Crippen LogP contribution in [0, 0.1) is 0 Å². The van der Waals surface area contributed by atoms with Gasteiger partial charge in [-0.15, -0.1) is 0 Å². The van der Waals surface area contributed by atoms with Crippen LogP contribution in [-0.4, -0.2) is 9.78 Å². The normalized spacial score (nSPS) is 10.7. The Kier molecular flexibility index (Phi) is 4.30. The summed E-state index contributed by atoms with van der Waals surface area (Å²) in [6, 6.07) is 5.94. The van der Waals surface area contributed by atoms with E-state index in [1.54, 1.807) is 0 Å². The summed E-state index contributed by atoms with van der Waals surface area (Å²) in [5.74, 6) is 0. The second-order valence-corrected chi connectivity index (χ2v) is 5.38. The second-order valence-electron chi connectivity index (χ2n) is 4.12. The van der Waals surface area contributed by atoms with Gasteiger partial charge in [0.25, 0.3) is 0 Å². The molecular weight excluding hydrogens is 314 g/mol. The molecule has 3 nitrogen and oxygen atoms in total. The fourth-order valence-electron chi connectivity index (χ4n) is 1.79. The molecule has 1 aromatic carbocycles. The maximum Gasteiger partial charge on any atom is 0.0853 e. The van der Waals surface area contributed by atoms with Crippen molar-refractivity contribution in [1.82, 2.24) is 9.78 Å². The van der Waals surface area contributed by atoms with Crippen molar-refractivity contribution in [1.29, 1.82) is 0 Å². The van der Waals surface area contributed by atoms with Crippen LogP contribution >= 0.6 is 27.5 Å². The summed E-state index contributed by atoms with van der Waals surface area (Å²) in [6.45, 7) is 2.86. The molecule has 0 aliphatic rings. The molecule has 0 saturated carbocycles. The van der Waals surface area contributed by atoms with Crippen molar-refractivity contribution in [3.8, 4) is 0 Å². The molecule has 2 aromatic rings. The van der Waals surface area contributed by atoms with E-state index in [0.29, 0.717) is 0 Å². The van der Waals surface area contributed by atoms with E-state index >= 15 is 0 Å². The zero-order valence-electron chi connectivity index (χ0n) is 10.4. The molecule has 0 spiro atoms. The number of rotatable bonds is 4. The number of anilines is 1. The van der Waals surface area contributed by atoms with Gasteiger partial charge in [-0.25, -0.2) is 0 Å². The fraction of sp³-hybridized carbons (Fsp3) is 0.308. The predicted octanol–water partition coefficient (Wildman–Crippen LogP) is 4.01. The maximum atomic E-state index is 5.97. The Morgan fingerprint density at radius 3 is 2.89 bits per heavy atom. The minimum atomic E-state index is 0.731. The Labute approximate surface area is 120 Å². The summed E-state index contributed by atoms with van der Waals surface area (Å²) in [5.41, 5.74) is 3.36. The molecule has 0 bridgehead atoms. The number of aromatic nitrogens is 2. The quantitative estimate of drug-likeness (QED) is 0.919. The molecule has 1 N–H and O–H groups in total. The van der Waals surface area contributed by atoms with Gasteiger partial charge in [0.15, 0.2) is 0 Å². The smallest absolute Gasteiger partial charge is 0.0853 e. The van der Waals surface area contributed by atoms with Crippen molar-refractivity contribution in [2.75, 3.05) is 5.32 Å².